The van der Waals surface area contributed by atoms with Crippen LogP contribution in [0.1, 0.15) is 20.3 Å². The van der Waals surface area contributed by atoms with Crippen molar-refractivity contribution in [3.63, 3.8) is 0 Å². The monoisotopic (exact) mass is 254 g/mol. The summed E-state index contributed by atoms with van der Waals surface area (Å²) in [4.78, 5) is 0. The quantitative estimate of drug-likeness (QED) is 0.592. The van der Waals surface area contributed by atoms with Crippen LogP contribution in [0.25, 0.3) is 0 Å². The Hall–Kier alpha value is -0.730. The molecule has 0 N–H and O–H groups in total. The third-order valence-corrected chi connectivity index (χ3v) is 4.21. The van der Waals surface area contributed by atoms with E-state index in [9.17, 15) is 0 Å². The molecule has 17 heavy (non-hydrogen) atoms. The van der Waals surface area contributed by atoms with Crippen molar-refractivity contribution in [1.82, 2.24) is 0 Å². The van der Waals surface area contributed by atoms with Gasteiger partial charge in [-0.1, -0.05) is 32.0 Å². The van der Waals surface area contributed by atoms with Crippen molar-refractivity contribution in [2.24, 2.45) is 5.41 Å². The molecule has 1 fully saturated rings. The zero-order valence-electron chi connectivity index (χ0n) is 10.4. The van der Waals surface area contributed by atoms with Gasteiger partial charge in [-0.25, -0.2) is 0 Å². The number of alkyl halides is 1. The Labute approximate surface area is 108 Å². The fourth-order valence-corrected chi connectivity index (χ4v) is 2.29. The normalized spacial score (nSPS) is 26.3. The molecular formula is C14H19ClO2. The van der Waals surface area contributed by atoms with Crippen LogP contribution in [0.5, 0.6) is 5.75 Å². The Morgan fingerprint density at radius 2 is 1.94 bits per heavy atom. The van der Waals surface area contributed by atoms with Crippen LogP contribution in [-0.2, 0) is 4.74 Å². The van der Waals surface area contributed by atoms with E-state index < -0.39 is 0 Å². The molecule has 0 saturated heterocycles. The molecule has 1 aromatic carbocycles. The minimum Gasteiger partial charge on any atom is -0.491 e. The Bertz CT molecular complexity index is 350. The molecule has 0 aliphatic heterocycles. The van der Waals surface area contributed by atoms with Crippen LogP contribution in [0.15, 0.2) is 30.3 Å². The van der Waals surface area contributed by atoms with E-state index >= 15 is 0 Å². The zero-order chi connectivity index (χ0) is 12.3. The molecule has 2 rings (SSSR count). The Kier molecular flexibility index (Phi) is 3.95. The molecule has 1 aliphatic carbocycles. The van der Waals surface area contributed by atoms with Gasteiger partial charge in [-0.05, 0) is 18.6 Å². The van der Waals surface area contributed by atoms with Gasteiger partial charge in [-0.3, -0.25) is 0 Å². The largest absolute Gasteiger partial charge is 0.491 e. The van der Waals surface area contributed by atoms with Crippen LogP contribution in [0.3, 0.4) is 0 Å². The maximum absolute atomic E-state index is 6.13. The Morgan fingerprint density at radius 1 is 1.24 bits per heavy atom. The standard InChI is InChI=1S/C14H19ClO2/c1-14(2)12(15)10-13(14)17-9-8-16-11-6-4-3-5-7-11/h3-7,12-13H,8-10H2,1-2H3. The molecule has 1 aromatic rings. The SMILES string of the molecule is CC1(C)C(Cl)CC1OCCOc1ccccc1. The number of hydrogen-bond acceptors (Lipinski definition) is 2. The molecule has 1 aliphatic rings. The van der Waals surface area contributed by atoms with Crippen molar-refractivity contribution < 1.29 is 9.47 Å². The van der Waals surface area contributed by atoms with Crippen molar-refractivity contribution in [3.8, 4) is 5.75 Å². The molecule has 94 valence electrons. The van der Waals surface area contributed by atoms with Gasteiger partial charge in [-0.2, -0.15) is 0 Å². The average Bonchev–Trinajstić information content (AvgIpc) is 2.34. The number of hydrogen-bond donors (Lipinski definition) is 0. The number of benzene rings is 1. The second-order valence-corrected chi connectivity index (χ2v) is 5.57. The van der Waals surface area contributed by atoms with Gasteiger partial charge >= 0.3 is 0 Å². The second kappa shape index (κ2) is 5.28. The van der Waals surface area contributed by atoms with E-state index in [0.717, 1.165) is 12.2 Å². The molecular weight excluding hydrogens is 236 g/mol. The lowest BCUT2D eigenvalue weighted by atomic mass is 9.68. The smallest absolute Gasteiger partial charge is 0.119 e. The Morgan fingerprint density at radius 3 is 2.53 bits per heavy atom. The molecule has 2 atom stereocenters. The summed E-state index contributed by atoms with van der Waals surface area (Å²) in [6.07, 6.45) is 1.21. The summed E-state index contributed by atoms with van der Waals surface area (Å²) in [7, 11) is 0. The fraction of sp³-hybridized carbons (Fsp3) is 0.571. The van der Waals surface area contributed by atoms with Crippen molar-refractivity contribution in [3.05, 3.63) is 30.3 Å². The van der Waals surface area contributed by atoms with E-state index in [-0.39, 0.29) is 16.9 Å². The number of ether oxygens (including phenoxy) is 2. The maximum atomic E-state index is 6.13. The highest BCUT2D eigenvalue weighted by molar-refractivity contribution is 6.21. The summed E-state index contributed by atoms with van der Waals surface area (Å²) in [6, 6.07) is 9.79. The van der Waals surface area contributed by atoms with Gasteiger partial charge in [0.1, 0.15) is 12.4 Å². The lowest BCUT2D eigenvalue weighted by Gasteiger charge is -2.48. The molecule has 0 aromatic heterocycles. The fourth-order valence-electron chi connectivity index (χ4n) is 1.99. The predicted octanol–water partition coefficient (Wildman–Crippen LogP) is 3.49. The van der Waals surface area contributed by atoms with Crippen LogP contribution in [-0.4, -0.2) is 24.7 Å². The first-order valence-electron chi connectivity index (χ1n) is 6.04. The average molecular weight is 255 g/mol. The minimum absolute atomic E-state index is 0.0916. The van der Waals surface area contributed by atoms with E-state index in [0.29, 0.717) is 13.2 Å². The van der Waals surface area contributed by atoms with E-state index in [4.69, 9.17) is 21.1 Å². The van der Waals surface area contributed by atoms with Crippen molar-refractivity contribution in [2.75, 3.05) is 13.2 Å². The lowest BCUT2D eigenvalue weighted by molar-refractivity contribution is -0.0942. The van der Waals surface area contributed by atoms with Crippen LogP contribution in [0, 0.1) is 5.41 Å². The van der Waals surface area contributed by atoms with Gasteiger partial charge in [0.15, 0.2) is 0 Å². The molecule has 1 saturated carbocycles. The third-order valence-electron chi connectivity index (χ3n) is 3.47. The van der Waals surface area contributed by atoms with E-state index in [1.54, 1.807) is 0 Å². The first-order chi connectivity index (χ1) is 8.10. The van der Waals surface area contributed by atoms with Crippen LogP contribution in [0.2, 0.25) is 0 Å². The molecule has 0 heterocycles. The van der Waals surface area contributed by atoms with E-state index in [1.165, 1.54) is 0 Å². The van der Waals surface area contributed by atoms with Gasteiger partial charge in [-0.15, -0.1) is 11.6 Å². The predicted molar refractivity (Wildman–Crippen MR) is 69.7 cm³/mol. The van der Waals surface area contributed by atoms with Crippen molar-refractivity contribution >= 4 is 11.6 Å². The molecule has 0 spiro atoms. The zero-order valence-corrected chi connectivity index (χ0v) is 11.1. The molecule has 3 heteroatoms. The van der Waals surface area contributed by atoms with Gasteiger partial charge in [0.2, 0.25) is 0 Å². The molecule has 0 radical (unpaired) electrons. The number of halogens is 1. The highest BCUT2D eigenvalue weighted by Gasteiger charge is 2.47. The molecule has 0 bridgehead atoms. The summed E-state index contributed by atoms with van der Waals surface area (Å²) in [5.41, 5.74) is 0.0916. The van der Waals surface area contributed by atoms with Crippen LogP contribution < -0.4 is 4.74 Å². The summed E-state index contributed by atoms with van der Waals surface area (Å²) in [5, 5.41) is 0.238. The first-order valence-corrected chi connectivity index (χ1v) is 6.48. The first kappa shape index (κ1) is 12.7. The Balaban J connectivity index is 1.65. The van der Waals surface area contributed by atoms with Gasteiger partial charge < -0.3 is 9.47 Å². The second-order valence-electron chi connectivity index (χ2n) is 5.05. The van der Waals surface area contributed by atoms with Gasteiger partial charge in [0.05, 0.1) is 12.7 Å². The minimum atomic E-state index is 0.0916. The topological polar surface area (TPSA) is 18.5 Å². The maximum Gasteiger partial charge on any atom is 0.119 e. The molecule has 0 amide bonds. The summed E-state index contributed by atoms with van der Waals surface area (Å²) < 4.78 is 11.3. The van der Waals surface area contributed by atoms with Crippen LogP contribution >= 0.6 is 11.6 Å². The summed E-state index contributed by atoms with van der Waals surface area (Å²) in [5.74, 6) is 0.888. The van der Waals surface area contributed by atoms with Crippen LogP contribution in [0.4, 0.5) is 0 Å². The summed E-state index contributed by atoms with van der Waals surface area (Å²) >= 11 is 6.13. The summed E-state index contributed by atoms with van der Waals surface area (Å²) in [6.45, 7) is 5.50. The van der Waals surface area contributed by atoms with E-state index in [1.807, 2.05) is 30.3 Å². The lowest BCUT2D eigenvalue weighted by Crippen LogP contribution is -2.52. The molecule has 2 nitrogen and oxygen atoms in total. The van der Waals surface area contributed by atoms with Gasteiger partial charge in [0, 0.05) is 10.8 Å². The highest BCUT2D eigenvalue weighted by Crippen LogP contribution is 2.46. The van der Waals surface area contributed by atoms with Gasteiger partial charge in [0.25, 0.3) is 0 Å². The van der Waals surface area contributed by atoms with E-state index in [2.05, 4.69) is 13.8 Å². The molecule has 2 unspecified atom stereocenters. The third kappa shape index (κ3) is 2.93. The van der Waals surface area contributed by atoms with Crippen molar-refractivity contribution in [2.45, 2.75) is 31.7 Å². The number of rotatable bonds is 5. The van der Waals surface area contributed by atoms with Crippen molar-refractivity contribution in [1.29, 1.82) is 0 Å². The number of para-hydroxylation sites is 1. The highest BCUT2D eigenvalue weighted by atomic mass is 35.5.